The molecule has 0 aromatic heterocycles. The Kier molecular flexibility index (Phi) is 5.16. The van der Waals surface area contributed by atoms with E-state index in [1.807, 2.05) is 0 Å². The van der Waals surface area contributed by atoms with Crippen LogP contribution in [0, 0.1) is 17.1 Å². The Morgan fingerprint density at radius 2 is 2.23 bits per heavy atom. The lowest BCUT2D eigenvalue weighted by Crippen LogP contribution is -2.49. The predicted octanol–water partition coefficient (Wildman–Crippen LogP) is 2.01. The van der Waals surface area contributed by atoms with Gasteiger partial charge in [0.15, 0.2) is 0 Å². The summed E-state index contributed by atoms with van der Waals surface area (Å²) in [6.45, 7) is 2.05. The maximum atomic E-state index is 14.1. The number of nitriles is 1. The minimum absolute atomic E-state index is 0.0697. The number of hydrogen-bond donors (Lipinski definition) is 1. The number of hydrogen-bond acceptors (Lipinski definition) is 4. The highest BCUT2D eigenvalue weighted by Crippen LogP contribution is 2.29. The van der Waals surface area contributed by atoms with Gasteiger partial charge >= 0.3 is 0 Å². The van der Waals surface area contributed by atoms with Crippen LogP contribution >= 0.6 is 0 Å². The topological polar surface area (TPSA) is 81.4 Å². The van der Waals surface area contributed by atoms with E-state index >= 15 is 0 Å². The molecule has 2 unspecified atom stereocenters. The Balaban J connectivity index is 2.42. The Labute approximate surface area is 130 Å². The zero-order valence-electron chi connectivity index (χ0n) is 12.4. The van der Waals surface area contributed by atoms with Crippen LogP contribution in [0.2, 0.25) is 0 Å². The van der Waals surface area contributed by atoms with E-state index in [2.05, 4.69) is 0 Å². The highest BCUT2D eigenvalue weighted by molar-refractivity contribution is 7.89. The molecule has 1 N–H and O–H groups in total. The number of benzene rings is 1. The summed E-state index contributed by atoms with van der Waals surface area (Å²) in [4.78, 5) is -0.443. The SMILES string of the molecule is CCC(O)C1CCCCN1S(=O)(=O)c1ccc(C#N)cc1F. The van der Waals surface area contributed by atoms with Crippen LogP contribution in [0.15, 0.2) is 23.1 Å². The minimum atomic E-state index is -4.03. The summed E-state index contributed by atoms with van der Waals surface area (Å²) in [7, 11) is -4.03. The molecule has 1 aliphatic heterocycles. The summed E-state index contributed by atoms with van der Waals surface area (Å²) in [5.74, 6) is -0.936. The van der Waals surface area contributed by atoms with Gasteiger partial charge in [-0.05, 0) is 37.5 Å². The van der Waals surface area contributed by atoms with E-state index in [4.69, 9.17) is 5.26 Å². The second-order valence-electron chi connectivity index (χ2n) is 5.41. The highest BCUT2D eigenvalue weighted by atomic mass is 32.2. The van der Waals surface area contributed by atoms with Crippen molar-refractivity contribution in [3.05, 3.63) is 29.6 Å². The van der Waals surface area contributed by atoms with Gasteiger partial charge in [0.05, 0.1) is 23.8 Å². The van der Waals surface area contributed by atoms with E-state index in [0.29, 0.717) is 19.3 Å². The highest BCUT2D eigenvalue weighted by Gasteiger charge is 2.37. The lowest BCUT2D eigenvalue weighted by molar-refractivity contribution is 0.0666. The second-order valence-corrected chi connectivity index (χ2v) is 7.27. The number of nitrogens with zero attached hydrogens (tertiary/aromatic N) is 2. The summed E-state index contributed by atoms with van der Waals surface area (Å²) >= 11 is 0. The van der Waals surface area contributed by atoms with Crippen molar-refractivity contribution in [1.29, 1.82) is 5.26 Å². The summed E-state index contributed by atoms with van der Waals surface area (Å²) in [6, 6.07) is 4.56. The summed E-state index contributed by atoms with van der Waals surface area (Å²) in [5, 5.41) is 18.8. The van der Waals surface area contributed by atoms with Crippen LogP contribution in [-0.2, 0) is 10.0 Å². The van der Waals surface area contributed by atoms with Crippen molar-refractivity contribution in [3.8, 4) is 6.07 Å². The first kappa shape index (κ1) is 16.9. The fourth-order valence-corrected chi connectivity index (χ4v) is 4.56. The first-order chi connectivity index (χ1) is 10.4. The molecule has 22 heavy (non-hydrogen) atoms. The Morgan fingerprint density at radius 3 is 2.82 bits per heavy atom. The zero-order chi connectivity index (χ0) is 16.3. The van der Waals surface area contributed by atoms with E-state index in [1.54, 1.807) is 13.0 Å². The number of sulfonamides is 1. The van der Waals surface area contributed by atoms with Gasteiger partial charge in [-0.25, -0.2) is 12.8 Å². The molecule has 1 aromatic rings. The molecular weight excluding hydrogens is 307 g/mol. The van der Waals surface area contributed by atoms with E-state index in [9.17, 15) is 17.9 Å². The largest absolute Gasteiger partial charge is 0.391 e. The molecule has 1 heterocycles. The molecular formula is C15H19FN2O3S. The van der Waals surface area contributed by atoms with Gasteiger partial charge in [-0.2, -0.15) is 9.57 Å². The molecule has 120 valence electrons. The quantitative estimate of drug-likeness (QED) is 0.917. The maximum absolute atomic E-state index is 14.1. The summed E-state index contributed by atoms with van der Waals surface area (Å²) in [6.07, 6.45) is 1.75. The fourth-order valence-electron chi connectivity index (χ4n) is 2.79. The van der Waals surface area contributed by atoms with Crippen LogP contribution in [0.5, 0.6) is 0 Å². The molecule has 0 radical (unpaired) electrons. The normalized spacial score (nSPS) is 21.3. The first-order valence-electron chi connectivity index (χ1n) is 7.31. The van der Waals surface area contributed by atoms with Crippen LogP contribution in [0.25, 0.3) is 0 Å². The average molecular weight is 326 g/mol. The van der Waals surface area contributed by atoms with E-state index in [-0.39, 0.29) is 12.1 Å². The van der Waals surface area contributed by atoms with E-state index in [0.717, 1.165) is 18.6 Å². The smallest absolute Gasteiger partial charge is 0.246 e. The van der Waals surface area contributed by atoms with Crippen molar-refractivity contribution in [3.63, 3.8) is 0 Å². The number of piperidine rings is 1. The van der Waals surface area contributed by atoms with Crippen LogP contribution in [0.3, 0.4) is 0 Å². The van der Waals surface area contributed by atoms with Crippen molar-refractivity contribution in [2.24, 2.45) is 0 Å². The molecule has 1 aromatic carbocycles. The first-order valence-corrected chi connectivity index (χ1v) is 8.75. The van der Waals surface area contributed by atoms with Gasteiger partial charge in [-0.1, -0.05) is 13.3 Å². The molecule has 1 fully saturated rings. The Hall–Kier alpha value is -1.49. The van der Waals surface area contributed by atoms with Gasteiger partial charge in [0.2, 0.25) is 10.0 Å². The molecule has 2 atom stereocenters. The third kappa shape index (κ3) is 3.14. The minimum Gasteiger partial charge on any atom is -0.391 e. The van der Waals surface area contributed by atoms with Crippen LogP contribution in [0.4, 0.5) is 4.39 Å². The summed E-state index contributed by atoms with van der Waals surface area (Å²) in [5.41, 5.74) is 0.0697. The Bertz CT molecular complexity index is 685. The summed E-state index contributed by atoms with van der Waals surface area (Å²) < 4.78 is 40.7. The van der Waals surface area contributed by atoms with Gasteiger partial charge < -0.3 is 5.11 Å². The fraction of sp³-hybridized carbons (Fsp3) is 0.533. The molecule has 0 spiro atoms. The van der Waals surface area contributed by atoms with E-state index < -0.39 is 32.9 Å². The van der Waals surface area contributed by atoms with Gasteiger partial charge in [-0.15, -0.1) is 0 Å². The monoisotopic (exact) mass is 326 g/mol. The molecule has 0 bridgehead atoms. The molecule has 5 nitrogen and oxygen atoms in total. The lowest BCUT2D eigenvalue weighted by Gasteiger charge is -2.37. The molecule has 0 amide bonds. The third-order valence-corrected chi connectivity index (χ3v) is 5.97. The second kappa shape index (κ2) is 6.73. The van der Waals surface area contributed by atoms with Crippen molar-refractivity contribution in [2.45, 2.75) is 49.6 Å². The zero-order valence-corrected chi connectivity index (χ0v) is 13.2. The molecule has 0 aliphatic carbocycles. The predicted molar refractivity (Wildman–Crippen MR) is 78.9 cm³/mol. The van der Waals surface area contributed by atoms with Gasteiger partial charge in [-0.3, -0.25) is 0 Å². The lowest BCUT2D eigenvalue weighted by atomic mass is 9.98. The van der Waals surface area contributed by atoms with Gasteiger partial charge in [0.25, 0.3) is 0 Å². The molecule has 0 saturated carbocycles. The van der Waals surface area contributed by atoms with Crippen LogP contribution in [-0.4, -0.2) is 36.5 Å². The third-order valence-electron chi connectivity index (χ3n) is 4.01. The van der Waals surface area contributed by atoms with Crippen LogP contribution < -0.4 is 0 Å². The number of aliphatic hydroxyl groups is 1. The molecule has 1 saturated heterocycles. The number of rotatable bonds is 4. The molecule has 2 rings (SSSR count). The van der Waals surface area contributed by atoms with Crippen molar-refractivity contribution in [2.75, 3.05) is 6.54 Å². The van der Waals surface area contributed by atoms with E-state index in [1.165, 1.54) is 10.4 Å². The average Bonchev–Trinajstić information content (AvgIpc) is 2.53. The number of aliphatic hydroxyl groups excluding tert-OH is 1. The maximum Gasteiger partial charge on any atom is 0.246 e. The van der Waals surface area contributed by atoms with Gasteiger partial charge in [0.1, 0.15) is 10.7 Å². The standard InChI is InChI=1S/C15H19FN2O3S/c1-2-14(19)13-5-3-4-8-18(13)22(20,21)15-7-6-11(10-17)9-12(15)16/h6-7,9,13-14,19H,2-5,8H2,1H3. The molecule has 1 aliphatic rings. The van der Waals surface area contributed by atoms with Crippen molar-refractivity contribution >= 4 is 10.0 Å². The van der Waals surface area contributed by atoms with Crippen molar-refractivity contribution < 1.29 is 17.9 Å². The number of halogens is 1. The van der Waals surface area contributed by atoms with Crippen molar-refractivity contribution in [1.82, 2.24) is 4.31 Å². The van der Waals surface area contributed by atoms with Crippen LogP contribution in [0.1, 0.15) is 38.2 Å². The van der Waals surface area contributed by atoms with Gasteiger partial charge in [0, 0.05) is 6.54 Å². The molecule has 7 heteroatoms. The Morgan fingerprint density at radius 1 is 1.50 bits per heavy atom.